The smallest absolute Gasteiger partial charge is 0.267 e. The van der Waals surface area contributed by atoms with E-state index in [1.165, 1.54) is 18.2 Å². The lowest BCUT2D eigenvalue weighted by Crippen LogP contribution is -2.33. The van der Waals surface area contributed by atoms with Crippen LogP contribution in [0, 0.1) is 19.7 Å². The van der Waals surface area contributed by atoms with Gasteiger partial charge in [0.2, 0.25) is 5.91 Å². The Labute approximate surface area is 155 Å². The first-order valence-electron chi connectivity index (χ1n) is 8.45. The van der Waals surface area contributed by atoms with Gasteiger partial charge in [-0.05, 0) is 32.0 Å². The molecule has 0 aliphatic carbocycles. The summed E-state index contributed by atoms with van der Waals surface area (Å²) in [4.78, 5) is 24.3. The standard InChI is InChI=1S/C19H20FN5O2/c1-12-15(13(2)24(3)22-12)10-21-18(26)11-25-19(27)9-8-17(23-25)14-6-4-5-7-16(14)20/h4-9H,10-11H2,1-3H3,(H,21,26). The Morgan fingerprint density at radius 2 is 1.89 bits per heavy atom. The highest BCUT2D eigenvalue weighted by molar-refractivity contribution is 5.75. The van der Waals surface area contributed by atoms with E-state index in [-0.39, 0.29) is 18.0 Å². The molecular weight excluding hydrogens is 349 g/mol. The van der Waals surface area contributed by atoms with Crippen LogP contribution in [0.5, 0.6) is 0 Å². The highest BCUT2D eigenvalue weighted by Crippen LogP contribution is 2.18. The number of amides is 1. The minimum absolute atomic E-state index is 0.251. The summed E-state index contributed by atoms with van der Waals surface area (Å²) in [7, 11) is 1.84. The molecule has 0 bridgehead atoms. The Morgan fingerprint density at radius 3 is 2.56 bits per heavy atom. The Balaban J connectivity index is 1.75. The highest BCUT2D eigenvalue weighted by Gasteiger charge is 2.13. The first-order valence-corrected chi connectivity index (χ1v) is 8.45. The van der Waals surface area contributed by atoms with Crippen molar-refractivity contribution in [3.8, 4) is 11.3 Å². The normalized spacial score (nSPS) is 10.8. The molecule has 0 fully saturated rings. The molecule has 0 spiro atoms. The van der Waals surface area contributed by atoms with Gasteiger partial charge in [0.15, 0.2) is 0 Å². The van der Waals surface area contributed by atoms with Crippen LogP contribution in [0.1, 0.15) is 17.0 Å². The zero-order valence-electron chi connectivity index (χ0n) is 15.4. The summed E-state index contributed by atoms with van der Waals surface area (Å²) >= 11 is 0. The Kier molecular flexibility index (Phi) is 5.16. The van der Waals surface area contributed by atoms with E-state index in [4.69, 9.17) is 0 Å². The van der Waals surface area contributed by atoms with Crippen LogP contribution in [-0.2, 0) is 24.9 Å². The van der Waals surface area contributed by atoms with Gasteiger partial charge in [0.1, 0.15) is 12.4 Å². The molecular formula is C19H20FN5O2. The molecule has 2 aromatic heterocycles. The molecule has 0 atom stereocenters. The van der Waals surface area contributed by atoms with Gasteiger partial charge in [-0.25, -0.2) is 9.07 Å². The highest BCUT2D eigenvalue weighted by atomic mass is 19.1. The van der Waals surface area contributed by atoms with Crippen LogP contribution < -0.4 is 10.9 Å². The lowest BCUT2D eigenvalue weighted by atomic mass is 10.1. The molecule has 2 heterocycles. The zero-order valence-corrected chi connectivity index (χ0v) is 15.4. The average molecular weight is 369 g/mol. The second kappa shape index (κ2) is 7.53. The van der Waals surface area contributed by atoms with E-state index >= 15 is 0 Å². The molecule has 3 aromatic rings. The van der Waals surface area contributed by atoms with Crippen LogP contribution in [0.2, 0.25) is 0 Å². The van der Waals surface area contributed by atoms with Gasteiger partial charge >= 0.3 is 0 Å². The van der Waals surface area contributed by atoms with Crippen molar-refractivity contribution in [1.82, 2.24) is 24.9 Å². The maximum atomic E-state index is 13.9. The van der Waals surface area contributed by atoms with Crippen molar-refractivity contribution < 1.29 is 9.18 Å². The summed E-state index contributed by atoms with van der Waals surface area (Å²) in [5.41, 5.74) is 2.87. The van der Waals surface area contributed by atoms with Gasteiger partial charge in [-0.1, -0.05) is 12.1 Å². The van der Waals surface area contributed by atoms with E-state index in [2.05, 4.69) is 15.5 Å². The summed E-state index contributed by atoms with van der Waals surface area (Å²) in [6.45, 7) is 3.86. The lowest BCUT2D eigenvalue weighted by molar-refractivity contribution is -0.122. The topological polar surface area (TPSA) is 81.8 Å². The number of aryl methyl sites for hydroxylation is 2. The third kappa shape index (κ3) is 3.94. The average Bonchev–Trinajstić information content (AvgIpc) is 2.87. The fraction of sp³-hybridized carbons (Fsp3) is 0.263. The number of halogens is 1. The van der Waals surface area contributed by atoms with E-state index in [1.807, 2.05) is 20.9 Å². The minimum Gasteiger partial charge on any atom is -0.350 e. The molecule has 7 nitrogen and oxygen atoms in total. The first-order chi connectivity index (χ1) is 12.9. The summed E-state index contributed by atoms with van der Waals surface area (Å²) < 4.78 is 16.7. The molecule has 27 heavy (non-hydrogen) atoms. The summed E-state index contributed by atoms with van der Waals surface area (Å²) in [6, 6.07) is 8.86. The Hall–Kier alpha value is -3.29. The van der Waals surface area contributed by atoms with Gasteiger partial charge in [0.05, 0.1) is 11.4 Å². The number of nitrogens with zero attached hydrogens (tertiary/aromatic N) is 4. The van der Waals surface area contributed by atoms with E-state index in [0.29, 0.717) is 12.2 Å². The van der Waals surface area contributed by atoms with E-state index in [0.717, 1.165) is 21.6 Å². The van der Waals surface area contributed by atoms with Gasteiger partial charge in [-0.3, -0.25) is 14.3 Å². The molecule has 1 N–H and O–H groups in total. The van der Waals surface area contributed by atoms with Crippen molar-refractivity contribution in [1.29, 1.82) is 0 Å². The van der Waals surface area contributed by atoms with Crippen LogP contribution in [0.3, 0.4) is 0 Å². The molecule has 0 saturated heterocycles. The molecule has 1 aromatic carbocycles. The van der Waals surface area contributed by atoms with Gasteiger partial charge in [0.25, 0.3) is 5.56 Å². The zero-order chi connectivity index (χ0) is 19.6. The maximum Gasteiger partial charge on any atom is 0.267 e. The number of carbonyl (C=O) groups is 1. The van der Waals surface area contributed by atoms with Gasteiger partial charge in [-0.15, -0.1) is 0 Å². The van der Waals surface area contributed by atoms with Crippen LogP contribution >= 0.6 is 0 Å². The molecule has 140 valence electrons. The number of aromatic nitrogens is 4. The SMILES string of the molecule is Cc1nn(C)c(C)c1CNC(=O)Cn1nc(-c2ccccc2F)ccc1=O. The van der Waals surface area contributed by atoms with E-state index in [1.54, 1.807) is 22.9 Å². The van der Waals surface area contributed by atoms with E-state index < -0.39 is 11.4 Å². The van der Waals surface area contributed by atoms with Gasteiger partial charge in [0, 0.05) is 36.5 Å². The Morgan fingerprint density at radius 1 is 1.15 bits per heavy atom. The predicted octanol–water partition coefficient (Wildman–Crippen LogP) is 1.72. The Bertz CT molecular complexity index is 1050. The monoisotopic (exact) mass is 369 g/mol. The molecule has 0 radical (unpaired) electrons. The quantitative estimate of drug-likeness (QED) is 0.742. The number of rotatable bonds is 5. The van der Waals surface area contributed by atoms with Crippen LogP contribution in [0.25, 0.3) is 11.3 Å². The van der Waals surface area contributed by atoms with Crippen molar-refractivity contribution in [3.63, 3.8) is 0 Å². The van der Waals surface area contributed by atoms with Crippen molar-refractivity contribution in [2.24, 2.45) is 7.05 Å². The number of hydrogen-bond acceptors (Lipinski definition) is 4. The number of benzene rings is 1. The first kappa shape index (κ1) is 18.5. The molecule has 0 saturated carbocycles. The van der Waals surface area contributed by atoms with Crippen molar-refractivity contribution >= 4 is 5.91 Å². The predicted molar refractivity (Wildman–Crippen MR) is 98.4 cm³/mol. The molecule has 0 unspecified atom stereocenters. The summed E-state index contributed by atoms with van der Waals surface area (Å²) in [5, 5.41) is 11.2. The number of carbonyl (C=O) groups excluding carboxylic acids is 1. The van der Waals surface area contributed by atoms with Gasteiger partial charge in [-0.2, -0.15) is 10.2 Å². The van der Waals surface area contributed by atoms with Crippen molar-refractivity contribution in [3.05, 3.63) is 69.5 Å². The fourth-order valence-electron chi connectivity index (χ4n) is 2.83. The number of nitrogens with one attached hydrogen (secondary N) is 1. The molecule has 0 aliphatic rings. The third-order valence-corrected chi connectivity index (χ3v) is 4.43. The number of hydrogen-bond donors (Lipinski definition) is 1. The van der Waals surface area contributed by atoms with Crippen molar-refractivity contribution in [2.45, 2.75) is 26.9 Å². The maximum absolute atomic E-state index is 13.9. The second-order valence-electron chi connectivity index (χ2n) is 6.24. The third-order valence-electron chi connectivity index (χ3n) is 4.43. The second-order valence-corrected chi connectivity index (χ2v) is 6.24. The fourth-order valence-corrected chi connectivity index (χ4v) is 2.83. The van der Waals surface area contributed by atoms with Gasteiger partial charge < -0.3 is 5.32 Å². The summed E-state index contributed by atoms with van der Waals surface area (Å²) in [5.74, 6) is -0.805. The summed E-state index contributed by atoms with van der Waals surface area (Å²) in [6.07, 6.45) is 0. The molecule has 8 heteroatoms. The van der Waals surface area contributed by atoms with E-state index in [9.17, 15) is 14.0 Å². The van der Waals surface area contributed by atoms with Crippen LogP contribution in [0.4, 0.5) is 4.39 Å². The van der Waals surface area contributed by atoms with Crippen LogP contribution in [-0.4, -0.2) is 25.5 Å². The minimum atomic E-state index is -0.442. The molecule has 0 aliphatic heterocycles. The van der Waals surface area contributed by atoms with Crippen molar-refractivity contribution in [2.75, 3.05) is 0 Å². The molecule has 1 amide bonds. The largest absolute Gasteiger partial charge is 0.350 e. The molecule has 3 rings (SSSR count). The lowest BCUT2D eigenvalue weighted by Gasteiger charge is -2.09. The van der Waals surface area contributed by atoms with Crippen LogP contribution in [0.15, 0.2) is 41.2 Å².